The molecule has 1 aromatic carbocycles. The average molecular weight is 428 g/mol. The van der Waals surface area contributed by atoms with Gasteiger partial charge >= 0.3 is 0 Å². The zero-order valence-electron chi connectivity index (χ0n) is 19.7. The lowest BCUT2D eigenvalue weighted by atomic mass is 10.1. The third-order valence-corrected chi connectivity index (χ3v) is 4.60. The summed E-state index contributed by atoms with van der Waals surface area (Å²) in [6.07, 6.45) is 6.91. The van der Waals surface area contributed by atoms with E-state index in [0.29, 0.717) is 11.6 Å². The molecule has 170 valence electrons. The van der Waals surface area contributed by atoms with E-state index in [0.717, 1.165) is 44.4 Å². The van der Waals surface area contributed by atoms with Crippen molar-refractivity contribution >= 4 is 12.7 Å². The Morgan fingerprint density at radius 3 is 2.29 bits per heavy atom. The summed E-state index contributed by atoms with van der Waals surface area (Å²) in [7, 11) is 2.11. The highest BCUT2D eigenvalue weighted by Gasteiger charge is 2.14. The first-order valence-corrected chi connectivity index (χ1v) is 10.6. The van der Waals surface area contributed by atoms with Gasteiger partial charge < -0.3 is 15.0 Å². The smallest absolute Gasteiger partial charge is 0.207 e. The second-order valence-corrected chi connectivity index (χ2v) is 8.75. The quantitative estimate of drug-likeness (QED) is 0.741. The van der Waals surface area contributed by atoms with Gasteiger partial charge in [-0.25, -0.2) is 0 Å². The van der Waals surface area contributed by atoms with Gasteiger partial charge in [0.2, 0.25) is 6.41 Å². The first-order chi connectivity index (χ1) is 14.6. The number of aromatic nitrogens is 1. The molecule has 1 saturated heterocycles. The zero-order chi connectivity index (χ0) is 23.3. The fourth-order valence-corrected chi connectivity index (χ4v) is 2.86. The summed E-state index contributed by atoms with van der Waals surface area (Å²) in [5.41, 5.74) is 2.94. The van der Waals surface area contributed by atoms with Crippen molar-refractivity contribution in [3.8, 4) is 5.75 Å². The molecule has 0 bridgehead atoms. The van der Waals surface area contributed by atoms with Gasteiger partial charge in [-0.1, -0.05) is 12.1 Å². The molecule has 1 aliphatic heterocycles. The minimum Gasteiger partial charge on any atom is -0.488 e. The molecule has 0 saturated carbocycles. The number of pyridine rings is 1. The van der Waals surface area contributed by atoms with Crippen molar-refractivity contribution in [2.24, 2.45) is 0 Å². The summed E-state index contributed by atoms with van der Waals surface area (Å²) in [5.74, 6) is 0.993. The Morgan fingerprint density at radius 1 is 1.13 bits per heavy atom. The van der Waals surface area contributed by atoms with E-state index in [4.69, 9.17) is 4.74 Å². The van der Waals surface area contributed by atoms with Gasteiger partial charge in [0.25, 0.3) is 0 Å². The number of aldehydes is 1. The van der Waals surface area contributed by atoms with Gasteiger partial charge in [0, 0.05) is 24.0 Å². The van der Waals surface area contributed by atoms with Gasteiger partial charge in [-0.2, -0.15) is 0 Å². The van der Waals surface area contributed by atoms with Crippen molar-refractivity contribution in [2.45, 2.75) is 59.1 Å². The van der Waals surface area contributed by atoms with Gasteiger partial charge in [-0.3, -0.25) is 14.6 Å². The van der Waals surface area contributed by atoms with Crippen LogP contribution in [-0.4, -0.2) is 54.4 Å². The maximum Gasteiger partial charge on any atom is 0.207 e. The molecular formula is C25H37N3O3. The Labute approximate surface area is 187 Å². The summed E-state index contributed by atoms with van der Waals surface area (Å²) in [6, 6.07) is 10.1. The molecule has 6 nitrogen and oxygen atoms in total. The van der Waals surface area contributed by atoms with Crippen LogP contribution in [0.1, 0.15) is 55.1 Å². The van der Waals surface area contributed by atoms with E-state index in [9.17, 15) is 9.59 Å². The van der Waals surface area contributed by atoms with E-state index in [1.807, 2.05) is 0 Å². The molecule has 1 aromatic heterocycles. The highest BCUT2D eigenvalue weighted by molar-refractivity contribution is 5.73. The largest absolute Gasteiger partial charge is 0.488 e. The second-order valence-electron chi connectivity index (χ2n) is 8.75. The van der Waals surface area contributed by atoms with Crippen LogP contribution in [0.15, 0.2) is 42.7 Å². The Hall–Kier alpha value is -2.73. The van der Waals surface area contributed by atoms with Crippen LogP contribution in [0.3, 0.4) is 0 Å². The number of ether oxygens (including phenoxy) is 1. The lowest BCUT2D eigenvalue weighted by molar-refractivity contribution is -0.110. The van der Waals surface area contributed by atoms with E-state index in [2.05, 4.69) is 75.1 Å². The normalized spacial score (nSPS) is 14.3. The number of nitrogens with one attached hydrogen (secondary N) is 1. The van der Waals surface area contributed by atoms with Crippen LogP contribution >= 0.6 is 0 Å². The summed E-state index contributed by atoms with van der Waals surface area (Å²) >= 11 is 0. The Bertz CT molecular complexity index is 780. The molecule has 0 radical (unpaired) electrons. The van der Waals surface area contributed by atoms with Gasteiger partial charge in [-0.15, -0.1) is 0 Å². The number of hydrogen-bond donors (Lipinski definition) is 1. The van der Waals surface area contributed by atoms with E-state index in [1.54, 1.807) is 18.3 Å². The molecule has 1 aliphatic rings. The highest BCUT2D eigenvalue weighted by Crippen LogP contribution is 2.23. The van der Waals surface area contributed by atoms with Crippen molar-refractivity contribution < 1.29 is 14.3 Å². The number of carbonyl (C=O) groups excluding carboxylic acids is 2. The van der Waals surface area contributed by atoms with Gasteiger partial charge in [0.15, 0.2) is 6.29 Å². The number of rotatable bonds is 4. The van der Waals surface area contributed by atoms with Crippen molar-refractivity contribution in [3.63, 3.8) is 0 Å². The minimum atomic E-state index is -0.113. The Morgan fingerprint density at radius 2 is 1.81 bits per heavy atom. The number of piperidine rings is 1. The molecule has 0 atom stereocenters. The molecule has 0 spiro atoms. The fraction of sp³-hybridized carbons (Fsp3) is 0.480. The molecular weight excluding hydrogens is 390 g/mol. The van der Waals surface area contributed by atoms with E-state index < -0.39 is 0 Å². The molecule has 31 heavy (non-hydrogen) atoms. The molecule has 2 aromatic rings. The van der Waals surface area contributed by atoms with Gasteiger partial charge in [0.05, 0.1) is 0 Å². The summed E-state index contributed by atoms with van der Waals surface area (Å²) in [4.78, 5) is 26.0. The highest BCUT2D eigenvalue weighted by atomic mass is 16.5. The second kappa shape index (κ2) is 13.5. The van der Waals surface area contributed by atoms with Crippen LogP contribution in [0, 0.1) is 13.8 Å². The minimum absolute atomic E-state index is 0.113. The molecule has 1 fully saturated rings. The van der Waals surface area contributed by atoms with Crippen LogP contribution in [0.4, 0.5) is 0 Å². The van der Waals surface area contributed by atoms with Crippen molar-refractivity contribution in [2.75, 3.05) is 20.1 Å². The molecule has 0 unspecified atom stereocenters. The summed E-state index contributed by atoms with van der Waals surface area (Å²) in [6.45, 7) is 12.5. The molecule has 3 rings (SSSR count). The van der Waals surface area contributed by atoms with Gasteiger partial charge in [-0.05, 0) is 96.9 Å². The number of carbonyl (C=O) groups is 2. The van der Waals surface area contributed by atoms with Crippen LogP contribution in [-0.2, 0) is 4.79 Å². The number of hydrogen-bond acceptors (Lipinski definition) is 5. The maximum atomic E-state index is 10.0. The molecule has 6 heteroatoms. The molecule has 1 N–H and O–H groups in total. The fourth-order valence-electron chi connectivity index (χ4n) is 2.86. The SMILES string of the molecule is CN1CCC(NC=O)CC1.Cc1ccc(C)c(OC(C)(C)C)c1.O=Cc1cccnc1. The lowest BCUT2D eigenvalue weighted by Gasteiger charge is -2.28. The Kier molecular flexibility index (Phi) is 11.5. The third kappa shape index (κ3) is 11.9. The van der Waals surface area contributed by atoms with E-state index >= 15 is 0 Å². The van der Waals surface area contributed by atoms with Crippen LogP contribution < -0.4 is 10.1 Å². The van der Waals surface area contributed by atoms with Crippen LogP contribution in [0.2, 0.25) is 0 Å². The Balaban J connectivity index is 0.000000240. The first kappa shape index (κ1) is 26.3. The number of benzene rings is 1. The number of nitrogens with zero attached hydrogens (tertiary/aromatic N) is 2. The van der Waals surface area contributed by atoms with Crippen LogP contribution in [0.5, 0.6) is 5.75 Å². The third-order valence-electron chi connectivity index (χ3n) is 4.60. The number of likely N-dealkylation sites (tertiary alicyclic amines) is 1. The number of amides is 1. The molecule has 2 heterocycles. The van der Waals surface area contributed by atoms with E-state index in [1.165, 1.54) is 17.3 Å². The van der Waals surface area contributed by atoms with Crippen molar-refractivity contribution in [1.82, 2.24) is 15.2 Å². The average Bonchev–Trinajstić information content (AvgIpc) is 2.73. The molecule has 0 aliphatic carbocycles. The lowest BCUT2D eigenvalue weighted by Crippen LogP contribution is -2.40. The van der Waals surface area contributed by atoms with Crippen LogP contribution in [0.25, 0.3) is 0 Å². The topological polar surface area (TPSA) is 71.5 Å². The zero-order valence-corrected chi connectivity index (χ0v) is 19.7. The number of aryl methyl sites for hydroxylation is 2. The first-order valence-electron chi connectivity index (χ1n) is 10.6. The predicted molar refractivity (Wildman–Crippen MR) is 126 cm³/mol. The summed E-state index contributed by atoms with van der Waals surface area (Å²) < 4.78 is 5.81. The van der Waals surface area contributed by atoms with Crippen molar-refractivity contribution in [3.05, 3.63) is 59.4 Å². The maximum absolute atomic E-state index is 10.0. The predicted octanol–water partition coefficient (Wildman–Crippen LogP) is 4.20. The van der Waals surface area contributed by atoms with Gasteiger partial charge in [0.1, 0.15) is 11.4 Å². The van der Waals surface area contributed by atoms with E-state index in [-0.39, 0.29) is 5.60 Å². The monoisotopic (exact) mass is 427 g/mol. The summed E-state index contributed by atoms with van der Waals surface area (Å²) in [5, 5.41) is 2.80. The molecule has 1 amide bonds. The van der Waals surface area contributed by atoms with Crippen molar-refractivity contribution in [1.29, 1.82) is 0 Å². The standard InChI is InChI=1S/C12H18O.C7H14N2O.C6H5NO/c1-9-6-7-10(2)11(8-9)13-12(3,4)5;1-9-4-2-7(3-5-9)8-6-10;8-5-6-2-1-3-7-4-6/h6-8H,1-5H3;6-7H,2-5H2,1H3,(H,8,10);1-5H.